The van der Waals surface area contributed by atoms with Crippen LogP contribution in [0.4, 0.5) is 10.1 Å². The summed E-state index contributed by atoms with van der Waals surface area (Å²) >= 11 is 1.40. The number of nitrogens with one attached hydrogen (secondary N) is 1. The first-order valence-corrected chi connectivity index (χ1v) is 10.7. The summed E-state index contributed by atoms with van der Waals surface area (Å²) in [5, 5.41) is 3.65. The number of thioether (sulfide) groups is 1. The SMILES string of the molecule is CCc1ccccc1NC(=O)Cn1c(SCc2ccccc2F)nc2ccncc21. The largest absolute Gasteiger partial charge is 0.324 e. The number of anilines is 1. The minimum absolute atomic E-state index is 0.0971. The lowest BCUT2D eigenvalue weighted by molar-refractivity contribution is -0.116. The normalized spacial score (nSPS) is 11.0. The van der Waals surface area contributed by atoms with Crippen LogP contribution in [0.5, 0.6) is 0 Å². The van der Waals surface area contributed by atoms with E-state index in [-0.39, 0.29) is 18.3 Å². The van der Waals surface area contributed by atoms with Crippen molar-refractivity contribution >= 4 is 34.4 Å². The Bertz CT molecular complexity index is 1190. The van der Waals surface area contributed by atoms with E-state index in [1.54, 1.807) is 24.5 Å². The number of carbonyl (C=O) groups excluding carboxylic acids is 1. The quantitative estimate of drug-likeness (QED) is 0.425. The first-order valence-electron chi connectivity index (χ1n) is 9.70. The van der Waals surface area contributed by atoms with Crippen molar-refractivity contribution in [2.24, 2.45) is 0 Å². The van der Waals surface area contributed by atoms with Gasteiger partial charge in [0.2, 0.25) is 5.91 Å². The van der Waals surface area contributed by atoms with Gasteiger partial charge in [-0.05, 0) is 35.7 Å². The molecule has 0 saturated carbocycles. The molecule has 2 aromatic heterocycles. The van der Waals surface area contributed by atoms with Crippen molar-refractivity contribution in [3.05, 3.63) is 83.9 Å². The highest BCUT2D eigenvalue weighted by molar-refractivity contribution is 7.98. The molecule has 2 heterocycles. The summed E-state index contributed by atoms with van der Waals surface area (Å²) in [6, 6.07) is 16.3. The Morgan fingerprint density at radius 3 is 2.67 bits per heavy atom. The van der Waals surface area contributed by atoms with Gasteiger partial charge in [0.25, 0.3) is 0 Å². The van der Waals surface area contributed by atoms with Crippen molar-refractivity contribution < 1.29 is 9.18 Å². The maximum Gasteiger partial charge on any atom is 0.244 e. The summed E-state index contributed by atoms with van der Waals surface area (Å²) in [5.74, 6) is 0.0269. The van der Waals surface area contributed by atoms with Gasteiger partial charge in [0.05, 0.1) is 17.2 Å². The summed E-state index contributed by atoms with van der Waals surface area (Å²) in [7, 11) is 0. The fourth-order valence-corrected chi connectivity index (χ4v) is 4.25. The standard InChI is InChI=1S/C23H21FN4OS/c1-2-16-7-4-6-10-19(16)26-22(29)14-28-21-13-25-12-11-20(21)27-23(28)30-15-17-8-3-5-9-18(17)24/h3-13H,2,14-15H2,1H3,(H,26,29). The number of amides is 1. The molecule has 2 aromatic carbocycles. The molecule has 0 aliphatic heterocycles. The van der Waals surface area contributed by atoms with E-state index in [4.69, 9.17) is 0 Å². The van der Waals surface area contributed by atoms with Gasteiger partial charge < -0.3 is 9.88 Å². The van der Waals surface area contributed by atoms with Crippen LogP contribution in [0.2, 0.25) is 0 Å². The molecule has 0 radical (unpaired) electrons. The first-order chi connectivity index (χ1) is 14.7. The fraction of sp³-hybridized carbons (Fsp3) is 0.174. The molecular weight excluding hydrogens is 399 g/mol. The smallest absolute Gasteiger partial charge is 0.244 e. The number of fused-ring (bicyclic) bond motifs is 1. The molecule has 0 saturated heterocycles. The van der Waals surface area contributed by atoms with Gasteiger partial charge >= 0.3 is 0 Å². The van der Waals surface area contributed by atoms with Crippen LogP contribution in [0.25, 0.3) is 11.0 Å². The van der Waals surface area contributed by atoms with E-state index < -0.39 is 0 Å². The molecule has 0 atom stereocenters. The van der Waals surface area contributed by atoms with Crippen LogP contribution in [-0.2, 0) is 23.5 Å². The number of hydrogen-bond acceptors (Lipinski definition) is 4. The topological polar surface area (TPSA) is 59.8 Å². The van der Waals surface area contributed by atoms with Crippen LogP contribution in [0.1, 0.15) is 18.1 Å². The van der Waals surface area contributed by atoms with Gasteiger partial charge in [-0.1, -0.05) is 55.1 Å². The summed E-state index contributed by atoms with van der Waals surface area (Å²) < 4.78 is 15.8. The van der Waals surface area contributed by atoms with Gasteiger partial charge in [0.15, 0.2) is 5.16 Å². The van der Waals surface area contributed by atoms with Crippen molar-refractivity contribution in [1.29, 1.82) is 0 Å². The number of carbonyl (C=O) groups is 1. The summed E-state index contributed by atoms with van der Waals surface area (Å²) in [5.41, 5.74) is 4.01. The van der Waals surface area contributed by atoms with E-state index >= 15 is 0 Å². The van der Waals surface area contributed by atoms with Crippen molar-refractivity contribution in [3.8, 4) is 0 Å². The number of benzene rings is 2. The Hall–Kier alpha value is -3.19. The highest BCUT2D eigenvalue weighted by Crippen LogP contribution is 2.27. The summed E-state index contributed by atoms with van der Waals surface area (Å²) in [6.07, 6.45) is 4.20. The summed E-state index contributed by atoms with van der Waals surface area (Å²) in [6.45, 7) is 2.15. The number of hydrogen-bond donors (Lipinski definition) is 1. The van der Waals surface area contributed by atoms with Crippen LogP contribution in [0.15, 0.2) is 72.1 Å². The predicted octanol–water partition coefficient (Wildman–Crippen LogP) is 5.06. The fourth-order valence-electron chi connectivity index (χ4n) is 3.25. The van der Waals surface area contributed by atoms with Crippen molar-refractivity contribution in [1.82, 2.24) is 14.5 Å². The molecule has 1 amide bonds. The Morgan fingerprint density at radius 2 is 1.87 bits per heavy atom. The van der Waals surface area contributed by atoms with Crippen LogP contribution < -0.4 is 5.32 Å². The Kier molecular flexibility index (Phi) is 6.09. The average molecular weight is 421 g/mol. The van der Waals surface area contributed by atoms with Crippen molar-refractivity contribution in [2.45, 2.75) is 30.8 Å². The van der Waals surface area contributed by atoms with Crippen LogP contribution >= 0.6 is 11.8 Å². The van der Waals surface area contributed by atoms with Crippen LogP contribution in [-0.4, -0.2) is 20.4 Å². The Labute approximate surface area is 178 Å². The van der Waals surface area contributed by atoms with E-state index in [2.05, 4.69) is 22.2 Å². The van der Waals surface area contributed by atoms with Gasteiger partial charge in [-0.3, -0.25) is 9.78 Å². The van der Waals surface area contributed by atoms with Gasteiger partial charge in [-0.2, -0.15) is 0 Å². The molecule has 7 heteroatoms. The third kappa shape index (κ3) is 4.36. The van der Waals surface area contributed by atoms with E-state index in [1.807, 2.05) is 41.0 Å². The zero-order valence-corrected chi connectivity index (χ0v) is 17.3. The second-order valence-corrected chi connectivity index (χ2v) is 7.73. The molecular formula is C23H21FN4OS. The lowest BCUT2D eigenvalue weighted by Crippen LogP contribution is -2.20. The number of para-hydroxylation sites is 1. The van der Waals surface area contributed by atoms with Crippen LogP contribution in [0.3, 0.4) is 0 Å². The molecule has 5 nitrogen and oxygen atoms in total. The molecule has 152 valence electrons. The highest BCUT2D eigenvalue weighted by Gasteiger charge is 2.16. The summed E-state index contributed by atoms with van der Waals surface area (Å²) in [4.78, 5) is 21.6. The monoisotopic (exact) mass is 420 g/mol. The van der Waals surface area contributed by atoms with Gasteiger partial charge in [-0.25, -0.2) is 9.37 Å². The number of rotatable bonds is 7. The van der Waals surface area contributed by atoms with Crippen molar-refractivity contribution in [3.63, 3.8) is 0 Å². The minimum atomic E-state index is -0.247. The average Bonchev–Trinajstić information content (AvgIpc) is 3.11. The molecule has 4 rings (SSSR count). The molecule has 0 aliphatic carbocycles. The number of nitrogens with zero attached hydrogens (tertiary/aromatic N) is 3. The van der Waals surface area contributed by atoms with Crippen LogP contribution in [0, 0.1) is 5.82 Å². The molecule has 30 heavy (non-hydrogen) atoms. The zero-order chi connectivity index (χ0) is 20.9. The first kappa shape index (κ1) is 20.1. The van der Waals surface area contributed by atoms with Gasteiger partial charge in [-0.15, -0.1) is 0 Å². The van der Waals surface area contributed by atoms with Gasteiger partial charge in [0.1, 0.15) is 12.4 Å². The third-order valence-electron chi connectivity index (χ3n) is 4.80. The van der Waals surface area contributed by atoms with E-state index in [0.29, 0.717) is 16.5 Å². The third-order valence-corrected chi connectivity index (χ3v) is 5.83. The number of aromatic nitrogens is 3. The molecule has 0 fully saturated rings. The second kappa shape index (κ2) is 9.09. The number of aryl methyl sites for hydroxylation is 1. The number of imidazole rings is 1. The number of pyridine rings is 1. The molecule has 0 spiro atoms. The van der Waals surface area contributed by atoms with E-state index in [0.717, 1.165) is 28.7 Å². The molecule has 0 aliphatic rings. The van der Waals surface area contributed by atoms with Gasteiger partial charge in [0, 0.05) is 17.6 Å². The number of halogens is 1. The Balaban J connectivity index is 1.58. The molecule has 4 aromatic rings. The molecule has 0 bridgehead atoms. The maximum atomic E-state index is 14.0. The highest BCUT2D eigenvalue weighted by atomic mass is 32.2. The Morgan fingerprint density at radius 1 is 1.10 bits per heavy atom. The molecule has 0 unspecified atom stereocenters. The zero-order valence-electron chi connectivity index (χ0n) is 16.5. The maximum absolute atomic E-state index is 14.0. The van der Waals surface area contributed by atoms with E-state index in [1.165, 1.54) is 17.8 Å². The predicted molar refractivity (Wildman–Crippen MR) is 118 cm³/mol. The lowest BCUT2D eigenvalue weighted by atomic mass is 10.1. The second-order valence-electron chi connectivity index (χ2n) is 6.78. The molecule has 1 N–H and O–H groups in total. The lowest BCUT2D eigenvalue weighted by Gasteiger charge is -2.12. The minimum Gasteiger partial charge on any atom is -0.324 e. The van der Waals surface area contributed by atoms with E-state index in [9.17, 15) is 9.18 Å². The van der Waals surface area contributed by atoms with Crippen molar-refractivity contribution in [2.75, 3.05) is 5.32 Å².